The summed E-state index contributed by atoms with van der Waals surface area (Å²) in [4.78, 5) is 4.56. The van der Waals surface area contributed by atoms with Crippen molar-refractivity contribution in [3.63, 3.8) is 0 Å². The number of fused-ring (bicyclic) bond motifs is 6. The van der Waals surface area contributed by atoms with Crippen LogP contribution in [0.25, 0.3) is 10.2 Å². The summed E-state index contributed by atoms with van der Waals surface area (Å²) in [6.45, 7) is 2.09. The number of anilines is 1. The Hall–Kier alpha value is -1.09. The third-order valence-electron chi connectivity index (χ3n) is 6.28. The third-order valence-corrected chi connectivity index (χ3v) is 7.21. The highest BCUT2D eigenvalue weighted by Gasteiger charge is 2.53. The van der Waals surface area contributed by atoms with Gasteiger partial charge in [0.25, 0.3) is 0 Å². The van der Waals surface area contributed by atoms with Crippen molar-refractivity contribution in [2.24, 2.45) is 23.7 Å². The normalized spacial score (nSPS) is 37.3. The Bertz CT molecular complexity index is 692. The zero-order valence-electron chi connectivity index (χ0n) is 12.5. The smallest absolute Gasteiger partial charge is 0.0907 e. The molecule has 21 heavy (non-hydrogen) atoms. The van der Waals surface area contributed by atoms with Crippen molar-refractivity contribution in [2.45, 2.75) is 45.1 Å². The molecule has 3 aliphatic rings. The zero-order chi connectivity index (χ0) is 14.0. The topological polar surface area (TPSA) is 24.9 Å². The highest BCUT2D eigenvalue weighted by atomic mass is 32.1. The first-order valence-corrected chi connectivity index (χ1v) is 9.23. The molecule has 3 fully saturated rings. The second-order valence-electron chi connectivity index (χ2n) is 7.32. The Morgan fingerprint density at radius 1 is 1.14 bits per heavy atom. The molecule has 3 saturated carbocycles. The van der Waals surface area contributed by atoms with Gasteiger partial charge in [-0.25, -0.2) is 4.98 Å². The van der Waals surface area contributed by atoms with E-state index in [-0.39, 0.29) is 0 Å². The lowest BCUT2D eigenvalue weighted by Crippen LogP contribution is -2.33. The molecule has 0 spiro atoms. The number of thiazole rings is 1. The number of nitrogens with one attached hydrogen (secondary N) is 1. The molecule has 2 nitrogen and oxygen atoms in total. The summed E-state index contributed by atoms with van der Waals surface area (Å²) >= 11 is 1.80. The maximum absolute atomic E-state index is 4.56. The standard InChI is InChI=1S/C18H22N2S/c1-10-19-16-6-5-12(9-18(16)21-10)20-17-8-11-7-15(17)14-4-2-3-13(11)14/h5-6,9,11,13-15,17,20H,2-4,7-8H2,1H3. The van der Waals surface area contributed by atoms with E-state index in [1.54, 1.807) is 11.3 Å². The molecule has 1 heterocycles. The van der Waals surface area contributed by atoms with Gasteiger partial charge in [0.05, 0.1) is 15.2 Å². The van der Waals surface area contributed by atoms with Gasteiger partial charge >= 0.3 is 0 Å². The van der Waals surface area contributed by atoms with Gasteiger partial charge in [0, 0.05) is 11.7 Å². The number of benzene rings is 1. The molecule has 0 radical (unpaired) electrons. The first kappa shape index (κ1) is 12.5. The van der Waals surface area contributed by atoms with Crippen molar-refractivity contribution in [1.82, 2.24) is 4.98 Å². The van der Waals surface area contributed by atoms with Crippen LogP contribution in [0.3, 0.4) is 0 Å². The van der Waals surface area contributed by atoms with E-state index < -0.39 is 0 Å². The van der Waals surface area contributed by atoms with Crippen LogP contribution < -0.4 is 5.32 Å². The van der Waals surface area contributed by atoms with Gasteiger partial charge in [-0.1, -0.05) is 6.42 Å². The molecule has 1 aromatic carbocycles. The number of aromatic nitrogens is 1. The number of hydrogen-bond donors (Lipinski definition) is 1. The van der Waals surface area contributed by atoms with E-state index in [0.29, 0.717) is 0 Å². The third kappa shape index (κ3) is 1.86. The molecule has 2 aromatic rings. The van der Waals surface area contributed by atoms with E-state index in [9.17, 15) is 0 Å². The van der Waals surface area contributed by atoms with Crippen LogP contribution in [0, 0.1) is 30.6 Å². The van der Waals surface area contributed by atoms with Crippen LogP contribution in [-0.4, -0.2) is 11.0 Å². The first-order chi connectivity index (χ1) is 10.3. The van der Waals surface area contributed by atoms with Gasteiger partial charge in [-0.2, -0.15) is 0 Å². The zero-order valence-corrected chi connectivity index (χ0v) is 13.3. The minimum atomic E-state index is 0.723. The fourth-order valence-electron chi connectivity index (χ4n) is 5.58. The fraction of sp³-hybridized carbons (Fsp3) is 0.611. The van der Waals surface area contributed by atoms with Crippen molar-refractivity contribution < 1.29 is 0 Å². The molecule has 3 heteroatoms. The molecular formula is C18H22N2S. The predicted octanol–water partition coefficient (Wildman–Crippen LogP) is 4.84. The number of aryl methyl sites for hydroxylation is 1. The van der Waals surface area contributed by atoms with E-state index in [1.807, 2.05) is 0 Å². The van der Waals surface area contributed by atoms with Gasteiger partial charge in [0.15, 0.2) is 0 Å². The second-order valence-corrected chi connectivity index (χ2v) is 8.55. The Balaban J connectivity index is 1.39. The minimum absolute atomic E-state index is 0.723. The molecule has 0 amide bonds. The van der Waals surface area contributed by atoms with Gasteiger partial charge in [0.2, 0.25) is 0 Å². The number of rotatable bonds is 2. The van der Waals surface area contributed by atoms with Crippen molar-refractivity contribution in [3.8, 4) is 0 Å². The fourth-order valence-corrected chi connectivity index (χ4v) is 6.44. The molecule has 0 saturated heterocycles. The van der Waals surface area contributed by atoms with Crippen molar-refractivity contribution >= 4 is 27.2 Å². The second kappa shape index (κ2) is 4.45. The monoisotopic (exact) mass is 298 g/mol. The molecule has 5 rings (SSSR count). The van der Waals surface area contributed by atoms with Gasteiger partial charge in [-0.05, 0) is 74.5 Å². The van der Waals surface area contributed by atoms with Gasteiger partial charge in [-0.3, -0.25) is 0 Å². The van der Waals surface area contributed by atoms with E-state index in [0.717, 1.165) is 40.2 Å². The lowest BCUT2D eigenvalue weighted by atomic mass is 9.79. The van der Waals surface area contributed by atoms with E-state index in [4.69, 9.17) is 0 Å². The van der Waals surface area contributed by atoms with Crippen LogP contribution in [-0.2, 0) is 0 Å². The van der Waals surface area contributed by atoms with E-state index >= 15 is 0 Å². The minimum Gasteiger partial charge on any atom is -0.382 e. The van der Waals surface area contributed by atoms with E-state index in [1.165, 1.54) is 42.5 Å². The first-order valence-electron chi connectivity index (χ1n) is 8.41. The summed E-state index contributed by atoms with van der Waals surface area (Å²) in [6.07, 6.45) is 7.41. The Kier molecular flexibility index (Phi) is 2.64. The average Bonchev–Trinajstić information content (AvgIpc) is 3.16. The van der Waals surface area contributed by atoms with Gasteiger partial charge < -0.3 is 5.32 Å². The Labute approximate surface area is 130 Å². The molecule has 0 aliphatic heterocycles. The van der Waals surface area contributed by atoms with Crippen LogP contribution in [0.15, 0.2) is 18.2 Å². The molecule has 3 aliphatic carbocycles. The van der Waals surface area contributed by atoms with E-state index in [2.05, 4.69) is 35.4 Å². The Morgan fingerprint density at radius 3 is 3.00 bits per heavy atom. The van der Waals surface area contributed by atoms with Crippen LogP contribution in [0.2, 0.25) is 0 Å². The largest absolute Gasteiger partial charge is 0.382 e. The summed E-state index contributed by atoms with van der Waals surface area (Å²) in [5, 5.41) is 5.03. The highest BCUT2D eigenvalue weighted by Crippen LogP contribution is 2.59. The lowest BCUT2D eigenvalue weighted by Gasteiger charge is -2.32. The maximum atomic E-state index is 4.56. The van der Waals surface area contributed by atoms with Crippen molar-refractivity contribution in [1.29, 1.82) is 0 Å². The predicted molar refractivity (Wildman–Crippen MR) is 88.8 cm³/mol. The molecule has 5 atom stereocenters. The summed E-state index contributed by atoms with van der Waals surface area (Å²) in [5.74, 6) is 4.09. The molecule has 2 bridgehead atoms. The van der Waals surface area contributed by atoms with Crippen LogP contribution in [0.1, 0.15) is 37.1 Å². The molecule has 1 N–H and O–H groups in total. The molecule has 110 valence electrons. The summed E-state index contributed by atoms with van der Waals surface area (Å²) in [6, 6.07) is 7.42. The molecular weight excluding hydrogens is 276 g/mol. The number of nitrogens with zero attached hydrogens (tertiary/aromatic N) is 1. The van der Waals surface area contributed by atoms with Gasteiger partial charge in [0.1, 0.15) is 0 Å². The highest BCUT2D eigenvalue weighted by molar-refractivity contribution is 7.18. The summed E-state index contributed by atoms with van der Waals surface area (Å²) in [5.41, 5.74) is 2.45. The summed E-state index contributed by atoms with van der Waals surface area (Å²) < 4.78 is 1.32. The van der Waals surface area contributed by atoms with Gasteiger partial charge in [-0.15, -0.1) is 11.3 Å². The molecule has 1 aromatic heterocycles. The SMILES string of the molecule is Cc1nc2ccc(NC3CC4CC3C3CCCC43)cc2s1. The molecule has 5 unspecified atom stereocenters. The number of hydrogen-bond acceptors (Lipinski definition) is 3. The van der Waals surface area contributed by atoms with Crippen molar-refractivity contribution in [3.05, 3.63) is 23.2 Å². The summed E-state index contributed by atoms with van der Waals surface area (Å²) in [7, 11) is 0. The van der Waals surface area contributed by atoms with Crippen molar-refractivity contribution in [2.75, 3.05) is 5.32 Å². The quantitative estimate of drug-likeness (QED) is 0.858. The Morgan fingerprint density at radius 2 is 2.05 bits per heavy atom. The van der Waals surface area contributed by atoms with Crippen LogP contribution in [0.5, 0.6) is 0 Å². The lowest BCUT2D eigenvalue weighted by molar-refractivity contribution is 0.243. The van der Waals surface area contributed by atoms with Crippen LogP contribution in [0.4, 0.5) is 5.69 Å². The average molecular weight is 298 g/mol. The van der Waals surface area contributed by atoms with Crippen LogP contribution >= 0.6 is 11.3 Å². The maximum Gasteiger partial charge on any atom is 0.0907 e.